The Balaban J connectivity index is 1.45. The average Bonchev–Trinajstić information content (AvgIpc) is 3.23. The summed E-state index contributed by atoms with van der Waals surface area (Å²) in [6.07, 6.45) is 2.05. The molecule has 0 bridgehead atoms. The molecule has 4 rings (SSSR count). The number of nitrogens with one attached hydrogen (secondary N) is 1. The molecule has 0 radical (unpaired) electrons. The summed E-state index contributed by atoms with van der Waals surface area (Å²) in [5.41, 5.74) is 2.04. The van der Waals surface area contributed by atoms with Gasteiger partial charge in [0.15, 0.2) is 11.5 Å². The molecule has 2 heterocycles. The van der Waals surface area contributed by atoms with E-state index >= 15 is 0 Å². The number of benzene rings is 2. The van der Waals surface area contributed by atoms with Crippen molar-refractivity contribution in [2.24, 2.45) is 0 Å². The van der Waals surface area contributed by atoms with Crippen LogP contribution in [0.3, 0.4) is 0 Å². The van der Waals surface area contributed by atoms with Gasteiger partial charge in [0.2, 0.25) is 5.91 Å². The van der Waals surface area contributed by atoms with Crippen molar-refractivity contribution < 1.29 is 18.7 Å². The third kappa shape index (κ3) is 4.22. The molecule has 0 saturated carbocycles. The quantitative estimate of drug-likeness (QED) is 0.827. The molecule has 1 N–H and O–H groups in total. The van der Waals surface area contributed by atoms with Crippen molar-refractivity contribution in [3.63, 3.8) is 0 Å². The van der Waals surface area contributed by atoms with Crippen LogP contribution in [0.5, 0.6) is 11.5 Å². The molecule has 2 aromatic carbocycles. The molecule has 3 atom stereocenters. The van der Waals surface area contributed by atoms with Crippen LogP contribution in [0.4, 0.5) is 4.39 Å². The van der Waals surface area contributed by atoms with E-state index in [2.05, 4.69) is 16.3 Å². The summed E-state index contributed by atoms with van der Waals surface area (Å²) in [6.45, 7) is 5.87. The summed E-state index contributed by atoms with van der Waals surface area (Å²) in [5, 5.41) is 3.07. The van der Waals surface area contributed by atoms with Crippen LogP contribution >= 0.6 is 0 Å². The highest BCUT2D eigenvalue weighted by molar-refractivity contribution is 5.81. The van der Waals surface area contributed by atoms with Gasteiger partial charge in [0.25, 0.3) is 0 Å². The monoisotopic (exact) mass is 398 g/mol. The van der Waals surface area contributed by atoms with E-state index in [0.29, 0.717) is 13.2 Å². The Hall–Kier alpha value is -2.60. The van der Waals surface area contributed by atoms with Gasteiger partial charge in [-0.05, 0) is 68.6 Å². The number of amides is 1. The summed E-state index contributed by atoms with van der Waals surface area (Å²) < 4.78 is 24.5. The van der Waals surface area contributed by atoms with Gasteiger partial charge < -0.3 is 14.8 Å². The molecule has 1 saturated heterocycles. The van der Waals surface area contributed by atoms with Gasteiger partial charge in [0.1, 0.15) is 19.0 Å². The lowest BCUT2D eigenvalue weighted by molar-refractivity contribution is -0.126. The minimum Gasteiger partial charge on any atom is -0.486 e. The van der Waals surface area contributed by atoms with Crippen molar-refractivity contribution in [3.8, 4) is 11.5 Å². The Kier molecular flexibility index (Phi) is 5.72. The maximum atomic E-state index is 13.1. The number of halogens is 1. The zero-order valence-corrected chi connectivity index (χ0v) is 16.9. The van der Waals surface area contributed by atoms with E-state index in [-0.39, 0.29) is 29.8 Å². The van der Waals surface area contributed by atoms with Crippen molar-refractivity contribution in [2.75, 3.05) is 19.8 Å². The third-order valence-electron chi connectivity index (χ3n) is 5.85. The Morgan fingerprint density at radius 2 is 1.83 bits per heavy atom. The van der Waals surface area contributed by atoms with Gasteiger partial charge in [-0.2, -0.15) is 0 Å². The molecule has 2 aliphatic heterocycles. The number of fused-ring (bicyclic) bond motifs is 1. The molecule has 2 aliphatic rings. The van der Waals surface area contributed by atoms with Crippen LogP contribution in [-0.2, 0) is 4.79 Å². The predicted molar refractivity (Wildman–Crippen MR) is 109 cm³/mol. The van der Waals surface area contributed by atoms with Gasteiger partial charge in [-0.15, -0.1) is 0 Å². The third-order valence-corrected chi connectivity index (χ3v) is 5.85. The normalized spacial score (nSPS) is 20.9. The van der Waals surface area contributed by atoms with Crippen molar-refractivity contribution in [1.82, 2.24) is 10.2 Å². The van der Waals surface area contributed by atoms with E-state index < -0.39 is 0 Å². The molecule has 1 amide bonds. The Morgan fingerprint density at radius 3 is 2.59 bits per heavy atom. The molecule has 6 heteroatoms. The van der Waals surface area contributed by atoms with Crippen molar-refractivity contribution in [2.45, 2.75) is 44.8 Å². The second kappa shape index (κ2) is 8.41. The van der Waals surface area contributed by atoms with E-state index in [9.17, 15) is 9.18 Å². The van der Waals surface area contributed by atoms with Gasteiger partial charge in [0.05, 0.1) is 12.1 Å². The molecule has 5 nitrogen and oxygen atoms in total. The van der Waals surface area contributed by atoms with Crippen LogP contribution in [0.1, 0.15) is 49.9 Å². The molecular weight excluding hydrogens is 371 g/mol. The lowest BCUT2D eigenvalue weighted by atomic mass is 10.0. The number of hydrogen-bond acceptors (Lipinski definition) is 4. The topological polar surface area (TPSA) is 50.8 Å². The Labute approximate surface area is 170 Å². The van der Waals surface area contributed by atoms with Gasteiger partial charge >= 0.3 is 0 Å². The number of likely N-dealkylation sites (tertiary alicyclic amines) is 1. The van der Waals surface area contributed by atoms with Crippen LogP contribution < -0.4 is 14.8 Å². The molecule has 29 heavy (non-hydrogen) atoms. The highest BCUT2D eigenvalue weighted by Crippen LogP contribution is 2.39. The fraction of sp³-hybridized carbons (Fsp3) is 0.435. The number of hydrogen-bond donors (Lipinski definition) is 1. The van der Waals surface area contributed by atoms with Crippen LogP contribution in [0, 0.1) is 5.82 Å². The van der Waals surface area contributed by atoms with E-state index in [1.54, 1.807) is 12.1 Å². The minimum atomic E-state index is -0.278. The Morgan fingerprint density at radius 1 is 1.10 bits per heavy atom. The number of nitrogens with zero attached hydrogens (tertiary/aromatic N) is 1. The Bertz CT molecular complexity index is 871. The van der Waals surface area contributed by atoms with Gasteiger partial charge in [-0.1, -0.05) is 18.2 Å². The van der Waals surface area contributed by atoms with Gasteiger partial charge in [-0.3, -0.25) is 9.69 Å². The average molecular weight is 398 g/mol. The molecule has 0 aliphatic carbocycles. The van der Waals surface area contributed by atoms with Crippen LogP contribution in [0.2, 0.25) is 0 Å². The minimum absolute atomic E-state index is 0.0220. The summed E-state index contributed by atoms with van der Waals surface area (Å²) >= 11 is 0. The first-order valence-electron chi connectivity index (χ1n) is 10.2. The summed E-state index contributed by atoms with van der Waals surface area (Å²) in [5.74, 6) is 1.26. The SMILES string of the molecule is C[C@H](NC(=O)[C@H](C)N1CCC[C@@H]1c1ccc2c(c1)OCCO2)c1ccc(F)cc1. The fourth-order valence-electron chi connectivity index (χ4n) is 4.20. The smallest absolute Gasteiger partial charge is 0.237 e. The van der Waals surface area contributed by atoms with E-state index in [1.807, 2.05) is 26.0 Å². The first-order chi connectivity index (χ1) is 14.0. The van der Waals surface area contributed by atoms with E-state index in [0.717, 1.165) is 42.0 Å². The lowest BCUT2D eigenvalue weighted by Crippen LogP contribution is -2.45. The van der Waals surface area contributed by atoms with Crippen molar-refractivity contribution in [3.05, 3.63) is 59.4 Å². The zero-order chi connectivity index (χ0) is 20.4. The lowest BCUT2D eigenvalue weighted by Gasteiger charge is -2.31. The summed E-state index contributed by atoms with van der Waals surface area (Å²) in [6, 6.07) is 12.1. The first kappa shape index (κ1) is 19.7. The number of ether oxygens (including phenoxy) is 2. The van der Waals surface area contributed by atoms with Gasteiger partial charge in [-0.25, -0.2) is 4.39 Å². The van der Waals surface area contributed by atoms with E-state index in [1.165, 1.54) is 12.1 Å². The molecular formula is C23H27FN2O3. The predicted octanol–water partition coefficient (Wildman–Crippen LogP) is 4.00. The number of carbonyl (C=O) groups excluding carboxylic acids is 1. The van der Waals surface area contributed by atoms with Gasteiger partial charge in [0, 0.05) is 6.04 Å². The second-order valence-corrected chi connectivity index (χ2v) is 7.76. The molecule has 1 fully saturated rings. The highest BCUT2D eigenvalue weighted by Gasteiger charge is 2.34. The first-order valence-corrected chi connectivity index (χ1v) is 10.2. The number of carbonyl (C=O) groups is 1. The molecule has 0 unspecified atom stereocenters. The zero-order valence-electron chi connectivity index (χ0n) is 16.9. The largest absolute Gasteiger partial charge is 0.486 e. The molecule has 2 aromatic rings. The maximum Gasteiger partial charge on any atom is 0.237 e. The van der Waals surface area contributed by atoms with E-state index in [4.69, 9.17) is 9.47 Å². The van der Waals surface area contributed by atoms with Crippen molar-refractivity contribution >= 4 is 5.91 Å². The highest BCUT2D eigenvalue weighted by atomic mass is 19.1. The van der Waals surface area contributed by atoms with Crippen LogP contribution in [0.15, 0.2) is 42.5 Å². The standard InChI is InChI=1S/C23H27FN2O3/c1-15(17-5-8-19(24)9-6-17)25-23(27)16(2)26-11-3-4-20(26)18-7-10-21-22(14-18)29-13-12-28-21/h5-10,14-16,20H,3-4,11-13H2,1-2H3,(H,25,27)/t15-,16-,20+/m0/s1. The van der Waals surface area contributed by atoms with Crippen LogP contribution in [-0.4, -0.2) is 36.6 Å². The fourth-order valence-corrected chi connectivity index (χ4v) is 4.20. The van der Waals surface area contributed by atoms with Crippen molar-refractivity contribution in [1.29, 1.82) is 0 Å². The van der Waals surface area contributed by atoms with Crippen LogP contribution in [0.25, 0.3) is 0 Å². The summed E-state index contributed by atoms with van der Waals surface area (Å²) in [7, 11) is 0. The molecule has 0 aromatic heterocycles. The molecule has 0 spiro atoms. The second-order valence-electron chi connectivity index (χ2n) is 7.76. The summed E-state index contributed by atoms with van der Waals surface area (Å²) in [4.78, 5) is 15.2. The number of rotatable bonds is 5. The maximum absolute atomic E-state index is 13.1. The molecule has 154 valence electrons.